The first-order valence-corrected chi connectivity index (χ1v) is 8.67. The first kappa shape index (κ1) is 18.0. The van der Waals surface area contributed by atoms with Gasteiger partial charge in [0.25, 0.3) is 0 Å². The monoisotopic (exact) mass is 356 g/mol. The fourth-order valence-corrected chi connectivity index (χ4v) is 2.89. The molecule has 0 aliphatic carbocycles. The number of benzene rings is 1. The topological polar surface area (TPSA) is 87.6 Å². The Balaban J connectivity index is 1.67. The van der Waals surface area contributed by atoms with Crippen LogP contribution in [0.25, 0.3) is 11.3 Å². The Labute approximate surface area is 153 Å². The number of aromatic hydroxyl groups is 1. The molecule has 26 heavy (non-hydrogen) atoms. The summed E-state index contributed by atoms with van der Waals surface area (Å²) in [6.07, 6.45) is 3.73. The molecule has 1 saturated heterocycles. The number of phenols is 1. The average Bonchev–Trinajstić information content (AvgIpc) is 3.02. The van der Waals surface area contributed by atoms with Crippen molar-refractivity contribution in [1.82, 2.24) is 15.3 Å². The largest absolute Gasteiger partial charge is 0.507 e. The number of alkyl carbamates (subject to hydrolysis) is 1. The molecule has 138 valence electrons. The second-order valence-electron chi connectivity index (χ2n) is 7.36. The molecule has 2 N–H and O–H groups in total. The minimum absolute atomic E-state index is 0.000402. The lowest BCUT2D eigenvalue weighted by atomic mass is 10.1. The summed E-state index contributed by atoms with van der Waals surface area (Å²) in [5, 5.41) is 12.9. The maximum atomic E-state index is 11.9. The van der Waals surface area contributed by atoms with Gasteiger partial charge < -0.3 is 20.1 Å². The van der Waals surface area contributed by atoms with E-state index in [9.17, 15) is 9.90 Å². The molecule has 2 aromatic rings. The number of anilines is 1. The number of nitrogens with zero attached hydrogens (tertiary/aromatic N) is 3. The van der Waals surface area contributed by atoms with Crippen LogP contribution in [0.5, 0.6) is 5.75 Å². The average molecular weight is 356 g/mol. The lowest BCUT2D eigenvalue weighted by molar-refractivity contribution is 0.0509. The second kappa shape index (κ2) is 7.19. The Morgan fingerprint density at radius 3 is 2.81 bits per heavy atom. The van der Waals surface area contributed by atoms with Gasteiger partial charge in [0.05, 0.1) is 24.1 Å². The SMILES string of the molecule is CC(C)(C)OC(=O)NC1CCN(c2cncc(-c3ccccc3O)n2)C1. The van der Waals surface area contributed by atoms with E-state index in [0.29, 0.717) is 17.8 Å². The van der Waals surface area contributed by atoms with E-state index in [0.717, 1.165) is 18.8 Å². The van der Waals surface area contributed by atoms with Gasteiger partial charge in [0, 0.05) is 18.7 Å². The molecule has 0 spiro atoms. The highest BCUT2D eigenvalue weighted by Gasteiger charge is 2.27. The van der Waals surface area contributed by atoms with Crippen LogP contribution < -0.4 is 10.2 Å². The summed E-state index contributed by atoms with van der Waals surface area (Å²) in [5.74, 6) is 0.893. The van der Waals surface area contributed by atoms with Crippen LogP contribution in [0.15, 0.2) is 36.7 Å². The molecule has 1 atom stereocenters. The smallest absolute Gasteiger partial charge is 0.407 e. The van der Waals surface area contributed by atoms with Gasteiger partial charge >= 0.3 is 6.09 Å². The number of carbonyl (C=O) groups excluding carboxylic acids is 1. The predicted molar refractivity (Wildman–Crippen MR) is 99.1 cm³/mol. The van der Waals surface area contributed by atoms with Gasteiger partial charge in [0.1, 0.15) is 17.2 Å². The summed E-state index contributed by atoms with van der Waals surface area (Å²) in [5.41, 5.74) is 0.744. The number of hydrogen-bond acceptors (Lipinski definition) is 6. The van der Waals surface area contributed by atoms with Crippen LogP contribution in [0.3, 0.4) is 0 Å². The summed E-state index contributed by atoms with van der Waals surface area (Å²) < 4.78 is 5.31. The summed E-state index contributed by atoms with van der Waals surface area (Å²) in [6.45, 7) is 6.92. The van der Waals surface area contributed by atoms with E-state index >= 15 is 0 Å². The Hall–Kier alpha value is -2.83. The Kier molecular flexibility index (Phi) is 4.97. The van der Waals surface area contributed by atoms with Gasteiger partial charge in [-0.1, -0.05) is 12.1 Å². The third kappa shape index (κ3) is 4.41. The number of para-hydroxylation sites is 1. The number of carbonyl (C=O) groups is 1. The molecule has 1 aliphatic heterocycles. The van der Waals surface area contributed by atoms with Gasteiger partial charge in [-0.15, -0.1) is 0 Å². The van der Waals surface area contributed by atoms with Crippen molar-refractivity contribution in [2.75, 3.05) is 18.0 Å². The third-order valence-electron chi connectivity index (χ3n) is 4.03. The number of aromatic nitrogens is 2. The van der Waals surface area contributed by atoms with Gasteiger partial charge in [-0.25, -0.2) is 9.78 Å². The summed E-state index contributed by atoms with van der Waals surface area (Å²) in [7, 11) is 0. The zero-order valence-corrected chi connectivity index (χ0v) is 15.3. The molecule has 0 bridgehead atoms. The molecule has 1 aliphatic rings. The zero-order valence-electron chi connectivity index (χ0n) is 15.3. The van der Waals surface area contributed by atoms with E-state index in [4.69, 9.17) is 4.74 Å². The van der Waals surface area contributed by atoms with Gasteiger partial charge in [-0.2, -0.15) is 0 Å². The van der Waals surface area contributed by atoms with Crippen molar-refractivity contribution < 1.29 is 14.6 Å². The van der Waals surface area contributed by atoms with Gasteiger partial charge in [-0.05, 0) is 39.3 Å². The Morgan fingerprint density at radius 1 is 1.31 bits per heavy atom. The molecule has 7 nitrogen and oxygen atoms in total. The van der Waals surface area contributed by atoms with E-state index in [1.807, 2.05) is 26.8 Å². The van der Waals surface area contributed by atoms with E-state index < -0.39 is 11.7 Å². The van der Waals surface area contributed by atoms with Crippen molar-refractivity contribution in [2.45, 2.75) is 38.8 Å². The van der Waals surface area contributed by atoms with Crippen LogP contribution in [0.4, 0.5) is 10.6 Å². The maximum Gasteiger partial charge on any atom is 0.407 e. The summed E-state index contributed by atoms with van der Waals surface area (Å²) >= 11 is 0. The number of amides is 1. The third-order valence-corrected chi connectivity index (χ3v) is 4.03. The van der Waals surface area contributed by atoms with Crippen molar-refractivity contribution in [3.63, 3.8) is 0 Å². The number of phenolic OH excluding ortho intramolecular Hbond substituents is 1. The highest BCUT2D eigenvalue weighted by atomic mass is 16.6. The standard InChI is InChI=1S/C19H24N4O3/c1-19(2,3)26-18(25)21-13-8-9-23(12-13)17-11-20-10-15(22-17)14-6-4-5-7-16(14)24/h4-7,10-11,13,24H,8-9,12H2,1-3H3,(H,21,25). The molecular formula is C19H24N4O3. The fraction of sp³-hybridized carbons (Fsp3) is 0.421. The van der Waals surface area contributed by atoms with Crippen LogP contribution >= 0.6 is 0 Å². The summed E-state index contributed by atoms with van der Waals surface area (Å²) in [4.78, 5) is 22.9. The molecular weight excluding hydrogens is 332 g/mol. The fourth-order valence-electron chi connectivity index (χ4n) is 2.89. The number of ether oxygens (including phenoxy) is 1. The van der Waals surface area contributed by atoms with Crippen LogP contribution in [0, 0.1) is 0 Å². The lowest BCUT2D eigenvalue weighted by Gasteiger charge is -2.22. The first-order chi connectivity index (χ1) is 12.3. The maximum absolute atomic E-state index is 11.9. The van der Waals surface area contributed by atoms with Crippen LogP contribution in [-0.4, -0.2) is 45.9 Å². The lowest BCUT2D eigenvalue weighted by Crippen LogP contribution is -2.40. The van der Waals surface area contributed by atoms with Gasteiger partial charge in [0.15, 0.2) is 0 Å². The molecule has 1 unspecified atom stereocenters. The second-order valence-corrected chi connectivity index (χ2v) is 7.36. The molecule has 2 heterocycles. The van der Waals surface area contributed by atoms with Crippen molar-refractivity contribution in [3.05, 3.63) is 36.7 Å². The van der Waals surface area contributed by atoms with Crippen LogP contribution in [0.1, 0.15) is 27.2 Å². The van der Waals surface area contributed by atoms with Crippen molar-refractivity contribution in [2.24, 2.45) is 0 Å². The Bertz CT molecular complexity index is 788. The number of nitrogens with one attached hydrogen (secondary N) is 1. The van der Waals surface area contributed by atoms with Crippen molar-refractivity contribution in [3.8, 4) is 17.0 Å². The van der Waals surface area contributed by atoms with Crippen molar-refractivity contribution in [1.29, 1.82) is 0 Å². The highest BCUT2D eigenvalue weighted by molar-refractivity contribution is 5.69. The normalized spacial score (nSPS) is 17.2. The quantitative estimate of drug-likeness (QED) is 0.879. The molecule has 7 heteroatoms. The molecule has 3 rings (SSSR count). The first-order valence-electron chi connectivity index (χ1n) is 8.67. The minimum Gasteiger partial charge on any atom is -0.507 e. The van der Waals surface area contributed by atoms with Crippen molar-refractivity contribution >= 4 is 11.9 Å². The number of rotatable bonds is 3. The van der Waals surface area contributed by atoms with Gasteiger partial charge in [-0.3, -0.25) is 4.98 Å². The zero-order chi connectivity index (χ0) is 18.7. The minimum atomic E-state index is -0.514. The molecule has 1 amide bonds. The van der Waals surface area contributed by atoms with Gasteiger partial charge in [0.2, 0.25) is 0 Å². The number of hydrogen-bond donors (Lipinski definition) is 2. The van der Waals surface area contributed by atoms with E-state index in [-0.39, 0.29) is 11.8 Å². The predicted octanol–water partition coefficient (Wildman–Crippen LogP) is 2.95. The molecule has 0 saturated carbocycles. The van der Waals surface area contributed by atoms with E-state index in [1.54, 1.807) is 30.6 Å². The highest BCUT2D eigenvalue weighted by Crippen LogP contribution is 2.28. The van der Waals surface area contributed by atoms with E-state index in [1.165, 1.54) is 0 Å². The molecule has 1 aromatic carbocycles. The Morgan fingerprint density at radius 2 is 2.08 bits per heavy atom. The van der Waals surface area contributed by atoms with E-state index in [2.05, 4.69) is 20.2 Å². The molecule has 0 radical (unpaired) electrons. The summed E-state index contributed by atoms with van der Waals surface area (Å²) in [6, 6.07) is 7.05. The molecule has 1 aromatic heterocycles. The molecule has 1 fully saturated rings. The van der Waals surface area contributed by atoms with Crippen LogP contribution in [-0.2, 0) is 4.74 Å². The van der Waals surface area contributed by atoms with Crippen LogP contribution in [0.2, 0.25) is 0 Å².